The van der Waals surface area contributed by atoms with Crippen LogP contribution in [0.15, 0.2) is 24.3 Å². The summed E-state index contributed by atoms with van der Waals surface area (Å²) in [5, 5.41) is 34.7. The summed E-state index contributed by atoms with van der Waals surface area (Å²) in [6.45, 7) is 13.2. The van der Waals surface area contributed by atoms with Crippen LogP contribution < -0.4 is 0 Å². The number of Topliss-reactive ketones (excluding diaryl/α,β-unsaturated/α-hetero) is 1. The average molecular weight is 752 g/mol. The lowest BCUT2D eigenvalue weighted by Gasteiger charge is -2.48. The Balaban J connectivity index is 1.81. The van der Waals surface area contributed by atoms with E-state index < -0.39 is 89.4 Å². The van der Waals surface area contributed by atoms with Gasteiger partial charge in [0.2, 0.25) is 0 Å². The summed E-state index contributed by atoms with van der Waals surface area (Å²) >= 11 is 0. The number of carbonyl (C=O) groups is 3. The number of rotatable bonds is 9. The summed E-state index contributed by atoms with van der Waals surface area (Å²) in [5.74, 6) is -6.09. The van der Waals surface area contributed by atoms with Crippen LogP contribution >= 0.6 is 0 Å². The van der Waals surface area contributed by atoms with E-state index in [1.54, 1.807) is 34.6 Å². The van der Waals surface area contributed by atoms with E-state index in [9.17, 15) is 34.1 Å². The van der Waals surface area contributed by atoms with Crippen molar-refractivity contribution >= 4 is 17.7 Å². The van der Waals surface area contributed by atoms with E-state index >= 15 is 0 Å². The Bertz CT molecular complexity index is 1410. The summed E-state index contributed by atoms with van der Waals surface area (Å²) in [6.07, 6.45) is -4.97. The van der Waals surface area contributed by atoms with Crippen LogP contribution in [0.3, 0.4) is 0 Å². The zero-order valence-electron chi connectivity index (χ0n) is 33.0. The molecule has 0 bridgehead atoms. The quantitative estimate of drug-likeness (QED) is 0.312. The Kier molecular flexibility index (Phi) is 14.3. The van der Waals surface area contributed by atoms with Gasteiger partial charge in [0.1, 0.15) is 35.5 Å². The smallest absolute Gasteiger partial charge is 0.312 e. The number of ether oxygens (including phenoxy) is 5. The first-order valence-electron chi connectivity index (χ1n) is 19.1. The minimum Gasteiger partial charge on any atom is -0.461 e. The van der Waals surface area contributed by atoms with E-state index in [1.807, 2.05) is 14.0 Å². The highest BCUT2D eigenvalue weighted by Crippen LogP contribution is 2.41. The molecule has 14 atom stereocenters. The van der Waals surface area contributed by atoms with Gasteiger partial charge in [-0.25, -0.2) is 4.39 Å². The van der Waals surface area contributed by atoms with Crippen LogP contribution in [0.2, 0.25) is 0 Å². The highest BCUT2D eigenvalue weighted by molar-refractivity contribution is 5.83. The second kappa shape index (κ2) is 17.5. The first-order chi connectivity index (χ1) is 24.7. The molecular formula is C40H62FNO11. The third-order valence-electron chi connectivity index (χ3n) is 12.0. The Labute approximate surface area is 313 Å². The molecule has 53 heavy (non-hydrogen) atoms. The number of aliphatic hydroxyl groups excluding tert-OH is 2. The molecule has 0 unspecified atom stereocenters. The number of methoxy groups -OCH3 is 1. The van der Waals surface area contributed by atoms with Crippen molar-refractivity contribution < 1.29 is 57.8 Å². The number of hydrogen-bond donors (Lipinski definition) is 3. The van der Waals surface area contributed by atoms with Gasteiger partial charge in [0.05, 0.1) is 36.3 Å². The Hall–Kier alpha value is -2.52. The Morgan fingerprint density at radius 1 is 1.04 bits per heavy atom. The number of ketones is 1. The third kappa shape index (κ3) is 9.84. The van der Waals surface area contributed by atoms with Crippen molar-refractivity contribution in [3.05, 3.63) is 35.6 Å². The van der Waals surface area contributed by atoms with E-state index in [0.29, 0.717) is 18.0 Å². The van der Waals surface area contributed by atoms with Crippen LogP contribution in [-0.2, 0) is 44.5 Å². The van der Waals surface area contributed by atoms with Crippen molar-refractivity contribution in [2.24, 2.45) is 23.7 Å². The highest BCUT2D eigenvalue weighted by atomic mass is 19.1. The van der Waals surface area contributed by atoms with Crippen molar-refractivity contribution in [1.82, 2.24) is 4.90 Å². The van der Waals surface area contributed by atoms with Crippen LogP contribution in [-0.4, -0.2) is 118 Å². The van der Waals surface area contributed by atoms with E-state index in [4.69, 9.17) is 23.7 Å². The van der Waals surface area contributed by atoms with E-state index in [1.165, 1.54) is 45.2 Å². The molecule has 3 aliphatic rings. The summed E-state index contributed by atoms with van der Waals surface area (Å²) in [6, 6.07) is 5.50. The fourth-order valence-electron chi connectivity index (χ4n) is 8.39. The van der Waals surface area contributed by atoms with Crippen LogP contribution in [0.1, 0.15) is 93.1 Å². The lowest BCUT2D eigenvalue weighted by molar-refractivity contribution is -0.302. The fraction of sp³-hybridized carbons (Fsp3) is 0.775. The molecule has 0 aromatic heterocycles. The number of benzene rings is 1. The molecular weight excluding hydrogens is 689 g/mol. The lowest BCUT2D eigenvalue weighted by Crippen LogP contribution is -2.61. The first-order valence-corrected chi connectivity index (χ1v) is 19.1. The number of carbonyl (C=O) groups excluding carboxylic acids is 3. The van der Waals surface area contributed by atoms with Crippen LogP contribution in [0.5, 0.6) is 0 Å². The van der Waals surface area contributed by atoms with Gasteiger partial charge < -0.3 is 39.0 Å². The molecule has 1 aromatic rings. The average Bonchev–Trinajstić information content (AvgIpc) is 3.97. The zero-order valence-corrected chi connectivity index (χ0v) is 33.0. The molecule has 0 spiro atoms. The van der Waals surface area contributed by atoms with E-state index in [0.717, 1.165) is 12.8 Å². The lowest BCUT2D eigenvalue weighted by atomic mass is 9.74. The van der Waals surface area contributed by atoms with Gasteiger partial charge in [-0.1, -0.05) is 39.8 Å². The molecule has 2 heterocycles. The molecule has 2 saturated heterocycles. The molecule has 1 saturated carbocycles. The van der Waals surface area contributed by atoms with Crippen LogP contribution in [0.25, 0.3) is 0 Å². The van der Waals surface area contributed by atoms with Gasteiger partial charge in [-0.15, -0.1) is 0 Å². The standard InChI is InChI=1S/C40H62FNO11/c1-11-30-40(8,48)35(46)23(4)32(44)21(2)20-39(7,49-10)36(53-38-33(45)29(18-22(3)50-38)42(9)28-16-17-28)24(5)34(25(6)37(47)51-30)52-31(43)19-26-12-14-27(41)15-13-26/h12-15,21-25,28-30,33-36,38,45-46,48H,11,16-20H2,1-10H3/t21-,22-,23+,24+,25-,29+,30-,33-,34+,35-,36-,38+,39-,40-/m1/s1. The molecule has 3 fully saturated rings. The molecule has 13 heteroatoms. The number of nitrogens with zero attached hydrogens (tertiary/aromatic N) is 1. The highest BCUT2D eigenvalue weighted by Gasteiger charge is 2.53. The van der Waals surface area contributed by atoms with Crippen molar-refractivity contribution in [2.45, 2.75) is 160 Å². The molecule has 0 amide bonds. The SMILES string of the molecule is CC[C@H]1OC(=O)[C@H](C)[C@@H](OC(=O)Cc2ccc(F)cc2)[C@H](C)[C@@H](O[C@@H]2O[C@H](C)C[C@H](N(C)C3CC3)[C@H]2O)[C@](C)(OC)C[C@@H](C)C(=O)[C@H](C)[C@@H](O)[C@]1(C)O. The monoisotopic (exact) mass is 751 g/mol. The van der Waals surface area contributed by atoms with Crippen molar-refractivity contribution in [2.75, 3.05) is 14.2 Å². The van der Waals surface area contributed by atoms with Crippen molar-refractivity contribution in [1.29, 1.82) is 0 Å². The zero-order chi connectivity index (χ0) is 39.6. The Morgan fingerprint density at radius 2 is 1.66 bits per heavy atom. The summed E-state index contributed by atoms with van der Waals surface area (Å²) in [7, 11) is 3.45. The summed E-state index contributed by atoms with van der Waals surface area (Å²) in [5.41, 5.74) is -2.83. The summed E-state index contributed by atoms with van der Waals surface area (Å²) < 4.78 is 44.9. The normalized spacial score (nSPS) is 40.7. The molecule has 1 aromatic carbocycles. The molecule has 300 valence electrons. The van der Waals surface area contributed by atoms with Gasteiger partial charge in [0.15, 0.2) is 6.29 Å². The van der Waals surface area contributed by atoms with E-state index in [-0.39, 0.29) is 37.2 Å². The minimum absolute atomic E-state index is 0.0621. The maximum atomic E-state index is 14.0. The maximum Gasteiger partial charge on any atom is 0.312 e. The molecule has 1 aliphatic carbocycles. The number of likely N-dealkylation sites (N-methyl/N-ethyl adjacent to an activating group) is 1. The molecule has 0 radical (unpaired) electrons. The van der Waals surface area contributed by atoms with Gasteiger partial charge in [-0.3, -0.25) is 19.3 Å². The number of cyclic esters (lactones) is 1. The summed E-state index contributed by atoms with van der Waals surface area (Å²) in [4.78, 5) is 43.8. The van der Waals surface area contributed by atoms with Gasteiger partial charge in [-0.2, -0.15) is 0 Å². The second-order valence-electron chi connectivity index (χ2n) is 16.3. The van der Waals surface area contributed by atoms with Crippen LogP contribution in [0.4, 0.5) is 4.39 Å². The minimum atomic E-state index is -2.01. The predicted molar refractivity (Wildman–Crippen MR) is 193 cm³/mol. The van der Waals surface area contributed by atoms with Gasteiger partial charge in [0.25, 0.3) is 0 Å². The molecule has 12 nitrogen and oxygen atoms in total. The number of hydrogen-bond acceptors (Lipinski definition) is 12. The third-order valence-corrected chi connectivity index (χ3v) is 12.0. The molecule has 3 N–H and O–H groups in total. The number of halogens is 1. The fourth-order valence-corrected chi connectivity index (χ4v) is 8.39. The number of aliphatic hydroxyl groups is 3. The van der Waals surface area contributed by atoms with Crippen LogP contribution in [0, 0.1) is 29.5 Å². The topological polar surface area (TPSA) is 161 Å². The first kappa shape index (κ1) is 43.2. The number of esters is 2. The van der Waals surface area contributed by atoms with Gasteiger partial charge in [-0.05, 0) is 84.5 Å². The maximum absolute atomic E-state index is 14.0. The van der Waals surface area contributed by atoms with Crippen molar-refractivity contribution in [3.8, 4) is 0 Å². The molecule has 2 aliphatic heterocycles. The van der Waals surface area contributed by atoms with Gasteiger partial charge in [0, 0.05) is 36.9 Å². The Morgan fingerprint density at radius 3 is 2.23 bits per heavy atom. The van der Waals surface area contributed by atoms with Crippen molar-refractivity contribution in [3.63, 3.8) is 0 Å². The predicted octanol–water partition coefficient (Wildman–Crippen LogP) is 3.98. The molecule has 4 rings (SSSR count). The van der Waals surface area contributed by atoms with E-state index in [2.05, 4.69) is 4.90 Å². The largest absolute Gasteiger partial charge is 0.461 e. The second-order valence-corrected chi connectivity index (χ2v) is 16.3. The van der Waals surface area contributed by atoms with Gasteiger partial charge >= 0.3 is 11.9 Å².